The van der Waals surface area contributed by atoms with Crippen molar-refractivity contribution in [3.8, 4) is 11.5 Å². The van der Waals surface area contributed by atoms with Gasteiger partial charge in [-0.1, -0.05) is 11.6 Å². The number of rotatable bonds is 7. The third-order valence-electron chi connectivity index (χ3n) is 3.43. The van der Waals surface area contributed by atoms with Gasteiger partial charge in [0.1, 0.15) is 0 Å². The molecule has 1 amide bonds. The van der Waals surface area contributed by atoms with E-state index in [-0.39, 0.29) is 24.5 Å². The van der Waals surface area contributed by atoms with Crippen LogP contribution in [0, 0.1) is 6.92 Å². The average molecular weight is 368 g/mol. The largest absolute Gasteiger partial charge is 0.493 e. The molecule has 0 aliphatic rings. The summed E-state index contributed by atoms with van der Waals surface area (Å²) in [5, 5.41) is 2.80. The first-order valence-corrected chi connectivity index (χ1v) is 8.45. The number of carbonyl (C=O) groups excluding carboxylic acids is 2. The van der Waals surface area contributed by atoms with Gasteiger partial charge in [-0.2, -0.15) is 0 Å². The summed E-state index contributed by atoms with van der Waals surface area (Å²) < 4.78 is 11.0. The van der Waals surface area contributed by atoms with Crippen LogP contribution in [0.25, 0.3) is 0 Å². The zero-order valence-electron chi connectivity index (χ0n) is 13.6. The Morgan fingerprint density at radius 3 is 2.38 bits per heavy atom. The number of methoxy groups -OCH3 is 2. The van der Waals surface area contributed by atoms with E-state index < -0.39 is 0 Å². The molecule has 0 saturated carbocycles. The summed E-state index contributed by atoms with van der Waals surface area (Å²) in [7, 11) is 3.08. The highest BCUT2D eigenvalue weighted by Gasteiger charge is 2.14. The molecule has 0 fully saturated rings. The van der Waals surface area contributed by atoms with E-state index in [2.05, 4.69) is 5.32 Å². The molecule has 1 heterocycles. The van der Waals surface area contributed by atoms with Crippen LogP contribution < -0.4 is 14.8 Å². The second-order valence-electron chi connectivity index (χ2n) is 5.10. The Kier molecular flexibility index (Phi) is 6.23. The van der Waals surface area contributed by atoms with Crippen LogP contribution >= 0.6 is 22.9 Å². The Balaban J connectivity index is 1.98. The van der Waals surface area contributed by atoms with Crippen molar-refractivity contribution in [2.45, 2.75) is 19.8 Å². The molecule has 0 aliphatic heterocycles. The van der Waals surface area contributed by atoms with E-state index in [1.807, 2.05) is 6.92 Å². The average Bonchev–Trinajstić information content (AvgIpc) is 3.00. The second kappa shape index (κ2) is 8.17. The molecule has 0 radical (unpaired) electrons. The minimum absolute atomic E-state index is 0.0916. The van der Waals surface area contributed by atoms with Crippen molar-refractivity contribution in [2.75, 3.05) is 19.5 Å². The van der Waals surface area contributed by atoms with Gasteiger partial charge in [-0.3, -0.25) is 9.59 Å². The van der Waals surface area contributed by atoms with E-state index in [9.17, 15) is 9.59 Å². The summed E-state index contributed by atoms with van der Waals surface area (Å²) in [6.45, 7) is 1.86. The number of anilines is 1. The molecule has 0 atom stereocenters. The molecule has 7 heteroatoms. The molecule has 1 aromatic carbocycles. The number of ether oxygens (including phenoxy) is 2. The fourth-order valence-electron chi connectivity index (χ4n) is 2.14. The molecule has 24 heavy (non-hydrogen) atoms. The number of Topliss-reactive ketones (excluding diaryl/α,β-unsaturated/α-hetero) is 1. The van der Waals surface area contributed by atoms with Crippen molar-refractivity contribution in [3.05, 3.63) is 39.0 Å². The summed E-state index contributed by atoms with van der Waals surface area (Å²) in [5.74, 6) is 0.799. The summed E-state index contributed by atoms with van der Waals surface area (Å²) >= 11 is 7.03. The van der Waals surface area contributed by atoms with Gasteiger partial charge in [-0.25, -0.2) is 0 Å². The van der Waals surface area contributed by atoms with E-state index >= 15 is 0 Å². The van der Waals surface area contributed by atoms with E-state index in [1.165, 1.54) is 18.4 Å². The number of aryl methyl sites for hydroxylation is 1. The zero-order chi connectivity index (χ0) is 17.7. The molecule has 2 rings (SSSR count). The maximum atomic E-state index is 12.1. The smallest absolute Gasteiger partial charge is 0.224 e. The third kappa shape index (κ3) is 4.49. The van der Waals surface area contributed by atoms with Crippen LogP contribution in [0.2, 0.25) is 4.34 Å². The molecule has 0 aliphatic carbocycles. The minimum atomic E-state index is -0.235. The molecule has 0 saturated heterocycles. The van der Waals surface area contributed by atoms with Crippen LogP contribution in [0.15, 0.2) is 24.3 Å². The molecular formula is C17H18ClNO4S. The lowest BCUT2D eigenvalue weighted by Gasteiger charge is -2.13. The molecule has 2 aromatic rings. The number of amides is 1. The maximum Gasteiger partial charge on any atom is 0.224 e. The normalized spacial score (nSPS) is 10.3. The van der Waals surface area contributed by atoms with Crippen LogP contribution in [-0.2, 0) is 4.79 Å². The standard InChI is InChI=1S/C17H18ClNO4S/c1-10-8-13(22-2)14(23-3)9-11(10)19-17(21)7-4-12(20)15-5-6-16(18)24-15/h5-6,8-9H,4,7H2,1-3H3,(H,19,21). The number of hydrogen-bond donors (Lipinski definition) is 1. The van der Waals surface area contributed by atoms with E-state index in [0.29, 0.717) is 26.4 Å². The SMILES string of the molecule is COc1cc(C)c(NC(=O)CCC(=O)c2ccc(Cl)s2)cc1OC. The molecule has 0 spiro atoms. The molecule has 128 valence electrons. The van der Waals surface area contributed by atoms with Crippen LogP contribution in [0.5, 0.6) is 11.5 Å². The number of benzene rings is 1. The van der Waals surface area contributed by atoms with Gasteiger partial charge >= 0.3 is 0 Å². The first-order chi connectivity index (χ1) is 11.4. The number of ketones is 1. The van der Waals surface area contributed by atoms with Gasteiger partial charge in [0, 0.05) is 24.6 Å². The first kappa shape index (κ1) is 18.3. The van der Waals surface area contributed by atoms with Gasteiger partial charge in [0.15, 0.2) is 17.3 Å². The van der Waals surface area contributed by atoms with Crippen LogP contribution in [0.3, 0.4) is 0 Å². The van der Waals surface area contributed by atoms with E-state index in [1.54, 1.807) is 31.4 Å². The summed E-state index contributed by atoms with van der Waals surface area (Å²) in [4.78, 5) is 24.7. The van der Waals surface area contributed by atoms with Crippen molar-refractivity contribution < 1.29 is 19.1 Å². The fourth-order valence-corrected chi connectivity index (χ4v) is 3.15. The molecular weight excluding hydrogens is 350 g/mol. The Hall–Kier alpha value is -2.05. The predicted molar refractivity (Wildman–Crippen MR) is 95.8 cm³/mol. The van der Waals surface area contributed by atoms with Crippen LogP contribution in [0.4, 0.5) is 5.69 Å². The van der Waals surface area contributed by atoms with Crippen molar-refractivity contribution in [1.82, 2.24) is 0 Å². The van der Waals surface area contributed by atoms with Gasteiger partial charge in [-0.15, -0.1) is 11.3 Å². The molecule has 5 nitrogen and oxygen atoms in total. The second-order valence-corrected chi connectivity index (χ2v) is 6.81. The highest BCUT2D eigenvalue weighted by atomic mass is 35.5. The number of halogens is 1. The van der Waals surface area contributed by atoms with E-state index in [0.717, 1.165) is 5.56 Å². The number of hydrogen-bond acceptors (Lipinski definition) is 5. The number of nitrogens with one attached hydrogen (secondary N) is 1. The minimum Gasteiger partial charge on any atom is -0.493 e. The summed E-state index contributed by atoms with van der Waals surface area (Å²) in [6.07, 6.45) is 0.233. The highest BCUT2D eigenvalue weighted by Crippen LogP contribution is 2.33. The number of carbonyl (C=O) groups is 2. The summed E-state index contributed by atoms with van der Waals surface area (Å²) in [5.41, 5.74) is 1.47. The Morgan fingerprint density at radius 1 is 1.12 bits per heavy atom. The van der Waals surface area contributed by atoms with Gasteiger partial charge in [0.25, 0.3) is 0 Å². The maximum absolute atomic E-state index is 12.1. The lowest BCUT2D eigenvalue weighted by Crippen LogP contribution is -2.14. The highest BCUT2D eigenvalue weighted by molar-refractivity contribution is 7.18. The molecule has 1 aromatic heterocycles. The summed E-state index contributed by atoms with van der Waals surface area (Å²) in [6, 6.07) is 6.83. The fraction of sp³-hybridized carbons (Fsp3) is 0.294. The van der Waals surface area contributed by atoms with Crippen molar-refractivity contribution in [1.29, 1.82) is 0 Å². The molecule has 1 N–H and O–H groups in total. The quantitative estimate of drug-likeness (QED) is 0.740. The molecule has 0 bridgehead atoms. The van der Waals surface area contributed by atoms with Gasteiger partial charge in [0.2, 0.25) is 5.91 Å². The van der Waals surface area contributed by atoms with Crippen molar-refractivity contribution in [3.63, 3.8) is 0 Å². The Morgan fingerprint density at radius 2 is 1.79 bits per heavy atom. The van der Waals surface area contributed by atoms with Gasteiger partial charge in [-0.05, 0) is 30.7 Å². The first-order valence-electron chi connectivity index (χ1n) is 7.25. The third-order valence-corrected chi connectivity index (χ3v) is 4.70. The van der Waals surface area contributed by atoms with Crippen molar-refractivity contribution >= 4 is 40.3 Å². The predicted octanol–water partition coefficient (Wildman–Crippen LogP) is 4.33. The number of thiophene rings is 1. The lowest BCUT2D eigenvalue weighted by atomic mass is 10.1. The van der Waals surface area contributed by atoms with Crippen molar-refractivity contribution in [2.24, 2.45) is 0 Å². The van der Waals surface area contributed by atoms with Gasteiger partial charge < -0.3 is 14.8 Å². The topological polar surface area (TPSA) is 64.6 Å². The Bertz CT molecular complexity index is 757. The Labute approximate surface area is 149 Å². The monoisotopic (exact) mass is 367 g/mol. The van der Waals surface area contributed by atoms with E-state index in [4.69, 9.17) is 21.1 Å². The zero-order valence-corrected chi connectivity index (χ0v) is 15.2. The lowest BCUT2D eigenvalue weighted by molar-refractivity contribution is -0.116. The van der Waals surface area contributed by atoms with Crippen LogP contribution in [-0.4, -0.2) is 25.9 Å². The van der Waals surface area contributed by atoms with Gasteiger partial charge in [0.05, 0.1) is 23.4 Å². The molecule has 0 unspecified atom stereocenters. The van der Waals surface area contributed by atoms with Crippen LogP contribution in [0.1, 0.15) is 28.1 Å².